The van der Waals surface area contributed by atoms with Gasteiger partial charge < -0.3 is 5.11 Å². The fourth-order valence-corrected chi connectivity index (χ4v) is 3.34. The third-order valence-electron chi connectivity index (χ3n) is 2.16. The van der Waals surface area contributed by atoms with Crippen LogP contribution in [0.2, 0.25) is 0 Å². The summed E-state index contributed by atoms with van der Waals surface area (Å²) in [6.45, 7) is 3.59. The molecule has 0 atom stereocenters. The molecule has 1 aromatic carbocycles. The third-order valence-corrected chi connectivity index (χ3v) is 4.66. The van der Waals surface area contributed by atoms with Gasteiger partial charge in [-0.3, -0.25) is 0 Å². The summed E-state index contributed by atoms with van der Waals surface area (Å²) in [5.74, 6) is 0. The second kappa shape index (κ2) is 5.27. The fourth-order valence-electron chi connectivity index (χ4n) is 1.35. The molecule has 0 saturated heterocycles. The first-order valence-electron chi connectivity index (χ1n) is 4.82. The van der Waals surface area contributed by atoms with Gasteiger partial charge in [-0.15, -0.1) is 0 Å². The standard InChI is InChI=1S/C10H14BrNO3S/c1-3-12-16(14,15)10-5-8(6-13)4-9(11)7(10)2/h4-5,12-13H,3,6H2,1-2H3. The summed E-state index contributed by atoms with van der Waals surface area (Å²) in [6, 6.07) is 3.19. The summed E-state index contributed by atoms with van der Waals surface area (Å²) in [5.41, 5.74) is 1.20. The van der Waals surface area contributed by atoms with Crippen molar-refractivity contribution in [1.29, 1.82) is 0 Å². The van der Waals surface area contributed by atoms with E-state index in [9.17, 15) is 8.42 Å². The van der Waals surface area contributed by atoms with Crippen LogP contribution in [0.25, 0.3) is 0 Å². The quantitative estimate of drug-likeness (QED) is 0.887. The van der Waals surface area contributed by atoms with Crippen LogP contribution >= 0.6 is 15.9 Å². The number of aliphatic hydroxyl groups is 1. The van der Waals surface area contributed by atoms with Gasteiger partial charge in [-0.1, -0.05) is 22.9 Å². The van der Waals surface area contributed by atoms with E-state index in [-0.39, 0.29) is 11.5 Å². The van der Waals surface area contributed by atoms with E-state index in [1.165, 1.54) is 6.07 Å². The lowest BCUT2D eigenvalue weighted by Crippen LogP contribution is -2.24. The molecular formula is C10H14BrNO3S. The number of hydrogen-bond donors (Lipinski definition) is 2. The van der Waals surface area contributed by atoms with Crippen molar-refractivity contribution in [1.82, 2.24) is 4.72 Å². The molecule has 4 nitrogen and oxygen atoms in total. The molecule has 0 bridgehead atoms. The highest BCUT2D eigenvalue weighted by Crippen LogP contribution is 2.25. The lowest BCUT2D eigenvalue weighted by molar-refractivity contribution is 0.281. The fraction of sp³-hybridized carbons (Fsp3) is 0.400. The van der Waals surface area contributed by atoms with Crippen molar-refractivity contribution >= 4 is 26.0 Å². The number of sulfonamides is 1. The van der Waals surface area contributed by atoms with Gasteiger partial charge in [0.25, 0.3) is 0 Å². The molecule has 0 aromatic heterocycles. The van der Waals surface area contributed by atoms with Gasteiger partial charge in [0.05, 0.1) is 11.5 Å². The number of hydrogen-bond acceptors (Lipinski definition) is 3. The van der Waals surface area contributed by atoms with E-state index < -0.39 is 10.0 Å². The van der Waals surface area contributed by atoms with E-state index in [0.29, 0.717) is 22.1 Å². The van der Waals surface area contributed by atoms with Crippen molar-refractivity contribution < 1.29 is 13.5 Å². The van der Waals surface area contributed by atoms with Crippen LogP contribution in [0.15, 0.2) is 21.5 Å². The van der Waals surface area contributed by atoms with Gasteiger partial charge in [0.15, 0.2) is 0 Å². The maximum atomic E-state index is 11.9. The number of aliphatic hydroxyl groups excluding tert-OH is 1. The van der Waals surface area contributed by atoms with Crippen LogP contribution in [-0.4, -0.2) is 20.1 Å². The maximum absolute atomic E-state index is 11.9. The number of benzene rings is 1. The van der Waals surface area contributed by atoms with Crippen molar-refractivity contribution in [2.24, 2.45) is 0 Å². The van der Waals surface area contributed by atoms with E-state index in [1.807, 2.05) is 0 Å². The highest BCUT2D eigenvalue weighted by molar-refractivity contribution is 9.10. The zero-order valence-electron chi connectivity index (χ0n) is 9.12. The van der Waals surface area contributed by atoms with Gasteiger partial charge in [-0.05, 0) is 30.2 Å². The van der Waals surface area contributed by atoms with Crippen LogP contribution in [-0.2, 0) is 16.6 Å². The van der Waals surface area contributed by atoms with Crippen LogP contribution < -0.4 is 4.72 Å². The summed E-state index contributed by atoms with van der Waals surface area (Å²) in [4.78, 5) is 0.202. The van der Waals surface area contributed by atoms with Crippen LogP contribution in [0.5, 0.6) is 0 Å². The van der Waals surface area contributed by atoms with Crippen molar-refractivity contribution in [2.45, 2.75) is 25.3 Å². The smallest absolute Gasteiger partial charge is 0.240 e. The van der Waals surface area contributed by atoms with Crippen LogP contribution in [0, 0.1) is 6.92 Å². The normalized spacial score (nSPS) is 11.8. The second-order valence-corrected chi connectivity index (χ2v) is 5.95. The Kier molecular flexibility index (Phi) is 4.49. The lowest BCUT2D eigenvalue weighted by atomic mass is 10.2. The second-order valence-electron chi connectivity index (χ2n) is 3.36. The molecule has 0 saturated carbocycles. The van der Waals surface area contributed by atoms with Crippen LogP contribution in [0.1, 0.15) is 18.1 Å². The number of rotatable bonds is 4. The first-order chi connectivity index (χ1) is 7.42. The molecular weight excluding hydrogens is 294 g/mol. The molecule has 0 aliphatic carbocycles. The summed E-state index contributed by atoms with van der Waals surface area (Å²) in [5, 5.41) is 9.04. The summed E-state index contributed by atoms with van der Waals surface area (Å²) in [6.07, 6.45) is 0. The Morgan fingerprint density at radius 1 is 1.44 bits per heavy atom. The van der Waals surface area contributed by atoms with E-state index in [4.69, 9.17) is 5.11 Å². The molecule has 0 fully saturated rings. The Labute approximate surface area is 104 Å². The van der Waals surface area contributed by atoms with E-state index >= 15 is 0 Å². The molecule has 1 aromatic rings. The monoisotopic (exact) mass is 307 g/mol. The highest BCUT2D eigenvalue weighted by atomic mass is 79.9. The molecule has 16 heavy (non-hydrogen) atoms. The summed E-state index contributed by atoms with van der Waals surface area (Å²) >= 11 is 3.28. The maximum Gasteiger partial charge on any atom is 0.240 e. The van der Waals surface area contributed by atoms with Gasteiger partial charge in [0.1, 0.15) is 0 Å². The Balaban J connectivity index is 3.38. The van der Waals surface area contributed by atoms with Gasteiger partial charge in [0.2, 0.25) is 10.0 Å². The summed E-state index contributed by atoms with van der Waals surface area (Å²) in [7, 11) is -3.49. The predicted octanol–water partition coefficient (Wildman–Crippen LogP) is 1.55. The molecule has 0 unspecified atom stereocenters. The molecule has 0 radical (unpaired) electrons. The minimum atomic E-state index is -3.49. The first-order valence-corrected chi connectivity index (χ1v) is 7.09. The number of nitrogens with one attached hydrogen (secondary N) is 1. The molecule has 1 rings (SSSR count). The highest BCUT2D eigenvalue weighted by Gasteiger charge is 2.18. The van der Waals surface area contributed by atoms with Crippen molar-refractivity contribution in [3.63, 3.8) is 0 Å². The van der Waals surface area contributed by atoms with Gasteiger partial charge in [-0.25, -0.2) is 13.1 Å². The third kappa shape index (κ3) is 2.82. The van der Waals surface area contributed by atoms with Crippen molar-refractivity contribution in [2.75, 3.05) is 6.54 Å². The molecule has 6 heteroatoms. The Morgan fingerprint density at radius 3 is 2.56 bits per heavy atom. The first kappa shape index (κ1) is 13.6. The van der Waals surface area contributed by atoms with Crippen molar-refractivity contribution in [3.8, 4) is 0 Å². The molecule has 90 valence electrons. The topological polar surface area (TPSA) is 66.4 Å². The molecule has 0 heterocycles. The average molecular weight is 308 g/mol. The Hall–Kier alpha value is -0.430. The minimum absolute atomic E-state index is 0.187. The Morgan fingerprint density at radius 2 is 2.06 bits per heavy atom. The average Bonchev–Trinajstić information content (AvgIpc) is 2.21. The SMILES string of the molecule is CCNS(=O)(=O)c1cc(CO)cc(Br)c1C. The molecule has 0 aliphatic rings. The van der Waals surface area contributed by atoms with E-state index in [0.717, 1.165) is 0 Å². The zero-order chi connectivity index (χ0) is 12.3. The molecule has 0 amide bonds. The molecule has 2 N–H and O–H groups in total. The van der Waals surface area contributed by atoms with Crippen LogP contribution in [0.3, 0.4) is 0 Å². The Bertz CT molecular complexity index is 485. The van der Waals surface area contributed by atoms with E-state index in [1.54, 1.807) is 19.9 Å². The van der Waals surface area contributed by atoms with Gasteiger partial charge in [-0.2, -0.15) is 0 Å². The minimum Gasteiger partial charge on any atom is -0.392 e. The largest absolute Gasteiger partial charge is 0.392 e. The van der Waals surface area contributed by atoms with E-state index in [2.05, 4.69) is 20.7 Å². The predicted molar refractivity (Wildman–Crippen MR) is 65.7 cm³/mol. The molecule has 0 aliphatic heterocycles. The van der Waals surface area contributed by atoms with Crippen molar-refractivity contribution in [3.05, 3.63) is 27.7 Å². The lowest BCUT2D eigenvalue weighted by Gasteiger charge is -2.11. The van der Waals surface area contributed by atoms with Gasteiger partial charge in [0, 0.05) is 11.0 Å². The zero-order valence-corrected chi connectivity index (χ0v) is 11.5. The van der Waals surface area contributed by atoms with Gasteiger partial charge >= 0.3 is 0 Å². The van der Waals surface area contributed by atoms with Crippen LogP contribution in [0.4, 0.5) is 0 Å². The molecule has 0 spiro atoms. The summed E-state index contributed by atoms with van der Waals surface area (Å²) < 4.78 is 26.8. The number of halogens is 1.